The maximum absolute atomic E-state index is 14.2. The molecule has 2 fully saturated rings. The average Bonchev–Trinajstić information content (AvgIpc) is 3.07. The van der Waals surface area contributed by atoms with Crippen molar-refractivity contribution in [3.63, 3.8) is 0 Å². The van der Waals surface area contributed by atoms with E-state index in [-0.39, 0.29) is 25.6 Å². The fourth-order valence-electron chi connectivity index (χ4n) is 6.07. The largest absolute Gasteiger partial charge is 0.450 e. The minimum atomic E-state index is -1.79. The Balaban J connectivity index is 1.55. The van der Waals surface area contributed by atoms with E-state index in [9.17, 15) is 24.0 Å². The molecule has 1 unspecified atom stereocenters. The van der Waals surface area contributed by atoms with Crippen LogP contribution in [0.3, 0.4) is 0 Å². The Labute approximate surface area is 292 Å². The fraction of sp³-hybridized carbons (Fsp3) is 0.556. The maximum atomic E-state index is 14.2. The van der Waals surface area contributed by atoms with Crippen molar-refractivity contribution >= 4 is 46.8 Å². The van der Waals surface area contributed by atoms with E-state index >= 15 is 0 Å². The Morgan fingerprint density at radius 1 is 1.02 bits per heavy atom. The summed E-state index contributed by atoms with van der Waals surface area (Å²) < 4.78 is 17.6. The van der Waals surface area contributed by atoms with E-state index in [1.54, 1.807) is 40.7 Å². The summed E-state index contributed by atoms with van der Waals surface area (Å²) in [4.78, 5) is 74.0. The molecule has 4 amide bonds. The normalized spacial score (nSPS) is 27.9. The number of benzene rings is 1. The van der Waals surface area contributed by atoms with Crippen molar-refractivity contribution in [3.8, 4) is 0 Å². The van der Waals surface area contributed by atoms with Crippen LogP contribution in [0.15, 0.2) is 36.4 Å². The number of rotatable bonds is 1. The molecular formula is C36H48N6O8. The van der Waals surface area contributed by atoms with Crippen LogP contribution in [0.5, 0.6) is 0 Å². The van der Waals surface area contributed by atoms with Crippen LogP contribution in [0.25, 0.3) is 17.0 Å². The van der Waals surface area contributed by atoms with Crippen molar-refractivity contribution < 1.29 is 38.2 Å². The van der Waals surface area contributed by atoms with Gasteiger partial charge in [-0.3, -0.25) is 24.4 Å². The van der Waals surface area contributed by atoms with E-state index in [0.29, 0.717) is 36.2 Å². The fourth-order valence-corrected chi connectivity index (χ4v) is 6.07. The van der Waals surface area contributed by atoms with E-state index in [4.69, 9.17) is 19.2 Å². The first-order valence-corrected chi connectivity index (χ1v) is 17.2. The molecule has 1 aromatic heterocycles. The number of pyridine rings is 1. The number of carbonyl (C=O) groups excluding carboxylic acids is 5. The first-order chi connectivity index (χ1) is 23.5. The predicted molar refractivity (Wildman–Crippen MR) is 184 cm³/mol. The topological polar surface area (TPSA) is 168 Å². The zero-order valence-corrected chi connectivity index (χ0v) is 29.8. The van der Waals surface area contributed by atoms with Gasteiger partial charge in [0.15, 0.2) is 6.10 Å². The van der Waals surface area contributed by atoms with E-state index < -0.39 is 65.2 Å². The molecule has 3 aliphatic rings. The summed E-state index contributed by atoms with van der Waals surface area (Å²) in [7, 11) is 0. The summed E-state index contributed by atoms with van der Waals surface area (Å²) >= 11 is 0. The Morgan fingerprint density at radius 3 is 2.46 bits per heavy atom. The first-order valence-electron chi connectivity index (χ1n) is 17.2. The number of ether oxygens (including phenoxy) is 3. The minimum absolute atomic E-state index is 0.00116. The molecule has 50 heavy (non-hydrogen) atoms. The van der Waals surface area contributed by atoms with Crippen molar-refractivity contribution in [1.82, 2.24) is 31.0 Å². The van der Waals surface area contributed by atoms with E-state index in [0.717, 1.165) is 5.39 Å². The number of hydrogen-bond acceptors (Lipinski definition) is 10. The highest BCUT2D eigenvalue weighted by atomic mass is 16.6. The summed E-state index contributed by atoms with van der Waals surface area (Å²) in [6.07, 6.45) is 2.40. The first kappa shape index (κ1) is 36.7. The number of amides is 4. The average molecular weight is 693 g/mol. The Hall–Kier alpha value is -4.56. The predicted octanol–water partition coefficient (Wildman–Crippen LogP) is 3.01. The second kappa shape index (κ2) is 14.7. The summed E-state index contributed by atoms with van der Waals surface area (Å²) in [5.74, 6) is -2.76. The van der Waals surface area contributed by atoms with Crippen LogP contribution in [-0.2, 0) is 33.4 Å². The van der Waals surface area contributed by atoms with E-state index in [1.807, 2.05) is 37.3 Å². The number of fused-ring (bicyclic) bond motifs is 4. The monoisotopic (exact) mass is 692 g/mol. The van der Waals surface area contributed by atoms with Gasteiger partial charge in [0.25, 0.3) is 11.8 Å². The van der Waals surface area contributed by atoms with Crippen LogP contribution in [0.2, 0.25) is 0 Å². The van der Waals surface area contributed by atoms with Crippen LogP contribution in [0, 0.1) is 5.92 Å². The molecule has 5 atom stereocenters. The maximum Gasteiger partial charge on any atom is 0.410 e. The summed E-state index contributed by atoms with van der Waals surface area (Å²) in [6, 6.07) is 7.26. The van der Waals surface area contributed by atoms with Gasteiger partial charge in [0.05, 0.1) is 30.4 Å². The second-order valence-electron chi connectivity index (χ2n) is 14.5. The molecule has 3 aliphatic heterocycles. The molecule has 1 aromatic carbocycles. The highest BCUT2D eigenvalue weighted by Crippen LogP contribution is 2.28. The molecular weight excluding hydrogens is 644 g/mol. The van der Waals surface area contributed by atoms with Gasteiger partial charge in [-0.2, -0.15) is 0 Å². The van der Waals surface area contributed by atoms with Gasteiger partial charge in [0.1, 0.15) is 17.7 Å². The second-order valence-corrected chi connectivity index (χ2v) is 14.5. The third-order valence-corrected chi connectivity index (χ3v) is 8.82. The van der Waals surface area contributed by atoms with Gasteiger partial charge < -0.3 is 29.7 Å². The molecule has 5 rings (SSSR count). The number of cyclic esters (lactones) is 1. The SMILES string of the molecule is CC(C)[C@@H]1OC(=O)C2(/C=C\c3ccc4ccc(nc4c3)[C@@H](C)NC(=O)[C@@H]3CCCN(N3)C(=O)[C@H](C)NC1=O)CN(C(=O)OC(C)(C)C)CCO2. The van der Waals surface area contributed by atoms with Gasteiger partial charge in [0.2, 0.25) is 11.5 Å². The molecule has 14 heteroatoms. The number of hydrazine groups is 1. The highest BCUT2D eigenvalue weighted by Gasteiger charge is 2.47. The van der Waals surface area contributed by atoms with Gasteiger partial charge in [-0.25, -0.2) is 15.0 Å². The number of carbonyl (C=O) groups is 5. The quantitative estimate of drug-likeness (QED) is 0.378. The third-order valence-electron chi connectivity index (χ3n) is 8.82. The zero-order chi connectivity index (χ0) is 36.4. The Morgan fingerprint density at radius 2 is 1.74 bits per heavy atom. The molecule has 0 radical (unpaired) electrons. The molecule has 2 aromatic rings. The van der Waals surface area contributed by atoms with Crippen LogP contribution < -0.4 is 16.1 Å². The van der Waals surface area contributed by atoms with Gasteiger partial charge in [-0.05, 0) is 77.2 Å². The molecule has 0 aliphatic carbocycles. The molecule has 3 N–H and O–H groups in total. The van der Waals surface area contributed by atoms with Crippen molar-refractivity contribution in [2.45, 2.75) is 96.7 Å². The highest BCUT2D eigenvalue weighted by molar-refractivity contribution is 5.93. The molecule has 2 saturated heterocycles. The molecule has 14 nitrogen and oxygen atoms in total. The van der Waals surface area contributed by atoms with Crippen LogP contribution in [0.1, 0.15) is 78.6 Å². The number of esters is 1. The summed E-state index contributed by atoms with van der Waals surface area (Å²) in [5.41, 5.74) is 2.44. The lowest BCUT2D eigenvalue weighted by molar-refractivity contribution is -0.183. The number of hydrogen-bond donors (Lipinski definition) is 3. The summed E-state index contributed by atoms with van der Waals surface area (Å²) in [5, 5.41) is 7.91. The molecule has 4 heterocycles. The molecule has 5 bridgehead atoms. The Bertz CT molecular complexity index is 1670. The van der Waals surface area contributed by atoms with Crippen molar-refractivity contribution in [2.24, 2.45) is 5.92 Å². The van der Waals surface area contributed by atoms with Gasteiger partial charge in [0, 0.05) is 18.5 Å². The van der Waals surface area contributed by atoms with Crippen molar-refractivity contribution in [1.29, 1.82) is 0 Å². The summed E-state index contributed by atoms with van der Waals surface area (Å²) in [6.45, 7) is 12.4. The lowest BCUT2D eigenvalue weighted by atomic mass is 9.98. The number of nitrogens with zero attached hydrogens (tertiary/aromatic N) is 3. The van der Waals surface area contributed by atoms with E-state index in [2.05, 4.69) is 16.1 Å². The molecule has 0 saturated carbocycles. The Kier molecular flexibility index (Phi) is 10.8. The number of morpholine rings is 1. The number of nitrogens with one attached hydrogen (secondary N) is 3. The van der Waals surface area contributed by atoms with E-state index in [1.165, 1.54) is 22.9 Å². The standard InChI is InChI=1S/C36H48N6O8/c1-21(2)29-31(44)38-23(4)32(45)42-16-8-9-27(40-42)30(43)37-22(3)26-13-12-25-11-10-24(19-28(25)39-26)14-15-36(33(46)49-29)20-41(17-18-48-36)34(47)50-35(5,6)7/h10-15,19,21-23,27,29,40H,8-9,16-18,20H2,1-7H3,(H,37,43)(H,38,44)/b15-14-/t22-,23+,27+,29+,36?/m1/s1. The molecule has 270 valence electrons. The smallest absolute Gasteiger partial charge is 0.410 e. The van der Waals surface area contributed by atoms with Gasteiger partial charge in [-0.1, -0.05) is 38.1 Å². The van der Waals surface area contributed by atoms with Crippen LogP contribution in [-0.4, -0.2) is 100 Å². The minimum Gasteiger partial charge on any atom is -0.450 e. The third kappa shape index (κ3) is 8.41. The zero-order valence-electron chi connectivity index (χ0n) is 29.8. The van der Waals surface area contributed by atoms with Crippen molar-refractivity contribution in [3.05, 3.63) is 47.7 Å². The molecule has 1 spiro atoms. The van der Waals surface area contributed by atoms with Gasteiger partial charge >= 0.3 is 12.1 Å². The lowest BCUT2D eigenvalue weighted by Crippen LogP contribution is -2.61. The number of aromatic nitrogens is 1. The lowest BCUT2D eigenvalue weighted by Gasteiger charge is -2.40. The van der Waals surface area contributed by atoms with Gasteiger partial charge in [-0.15, -0.1) is 0 Å². The van der Waals surface area contributed by atoms with Crippen molar-refractivity contribution in [2.75, 3.05) is 26.2 Å². The van der Waals surface area contributed by atoms with Crippen LogP contribution >= 0.6 is 0 Å². The van der Waals surface area contributed by atoms with Crippen LogP contribution in [0.4, 0.5) is 4.79 Å².